The van der Waals surface area contributed by atoms with Crippen LogP contribution in [0.2, 0.25) is 0 Å². The molecule has 4 rings (SSSR count). The summed E-state index contributed by atoms with van der Waals surface area (Å²) in [7, 11) is 0. The van der Waals surface area contributed by atoms with Crippen molar-refractivity contribution in [3.63, 3.8) is 0 Å². The van der Waals surface area contributed by atoms with E-state index in [1.807, 2.05) is 49.4 Å². The van der Waals surface area contributed by atoms with Crippen molar-refractivity contribution in [2.45, 2.75) is 13.5 Å². The second-order valence-corrected chi connectivity index (χ2v) is 7.64. The van der Waals surface area contributed by atoms with E-state index in [9.17, 15) is 9.18 Å². The van der Waals surface area contributed by atoms with Crippen LogP contribution in [0.15, 0.2) is 78.2 Å². The topological polar surface area (TPSA) is 51.2 Å². The summed E-state index contributed by atoms with van der Waals surface area (Å²) < 4.78 is 19.7. The number of carbonyl (C=O) groups is 1. The van der Waals surface area contributed by atoms with Gasteiger partial charge in [-0.05, 0) is 36.8 Å². The van der Waals surface area contributed by atoms with Gasteiger partial charge in [0, 0.05) is 10.9 Å². The Morgan fingerprint density at radius 1 is 1.07 bits per heavy atom. The Morgan fingerprint density at radius 3 is 2.73 bits per heavy atom. The van der Waals surface area contributed by atoms with Crippen LogP contribution in [0, 0.1) is 12.7 Å². The van der Waals surface area contributed by atoms with Crippen LogP contribution in [0.1, 0.15) is 21.6 Å². The highest BCUT2D eigenvalue weighted by Gasteiger charge is 2.14. The summed E-state index contributed by atoms with van der Waals surface area (Å²) in [6, 6.07) is 21.8. The molecule has 0 radical (unpaired) electrons. The Bertz CT molecular complexity index is 1190. The number of nitrogens with zero attached hydrogens (tertiary/aromatic N) is 1. The van der Waals surface area contributed by atoms with E-state index in [0.29, 0.717) is 11.6 Å². The molecular weight excluding hydrogens is 399 g/mol. The first-order valence-electron chi connectivity index (χ1n) is 9.39. The number of nitrogens with one attached hydrogen (secondary N) is 1. The maximum absolute atomic E-state index is 13.8. The van der Waals surface area contributed by atoms with Crippen LogP contribution in [0.5, 0.6) is 5.75 Å². The maximum Gasteiger partial charge on any atom is 0.275 e. The molecular formula is C24H19FN2O2S. The standard InChI is InChI=1S/C24H19FN2O2S/c1-16-6-4-7-17(12-16)14-29-19-9-5-8-18(13-19)24-27-22(15-30-24)23(28)26-21-11-3-2-10-20(21)25/h2-13,15H,14H2,1H3,(H,26,28). The first-order chi connectivity index (χ1) is 14.6. The third-order valence-corrected chi connectivity index (χ3v) is 5.32. The van der Waals surface area contributed by atoms with Gasteiger partial charge in [-0.2, -0.15) is 0 Å². The monoisotopic (exact) mass is 418 g/mol. The fraction of sp³-hybridized carbons (Fsp3) is 0.0833. The molecule has 4 nitrogen and oxygen atoms in total. The summed E-state index contributed by atoms with van der Waals surface area (Å²) in [6.07, 6.45) is 0. The van der Waals surface area contributed by atoms with E-state index >= 15 is 0 Å². The highest BCUT2D eigenvalue weighted by Crippen LogP contribution is 2.28. The molecule has 0 aliphatic heterocycles. The summed E-state index contributed by atoms with van der Waals surface area (Å²) in [4.78, 5) is 16.8. The number of amides is 1. The number of para-hydroxylation sites is 1. The molecule has 0 unspecified atom stereocenters. The minimum absolute atomic E-state index is 0.128. The number of carbonyl (C=O) groups excluding carboxylic acids is 1. The van der Waals surface area contributed by atoms with Crippen molar-refractivity contribution < 1.29 is 13.9 Å². The zero-order valence-electron chi connectivity index (χ0n) is 16.3. The molecule has 0 spiro atoms. The highest BCUT2D eigenvalue weighted by atomic mass is 32.1. The van der Waals surface area contributed by atoms with Gasteiger partial charge in [-0.1, -0.05) is 54.1 Å². The van der Waals surface area contributed by atoms with Crippen molar-refractivity contribution in [2.24, 2.45) is 0 Å². The van der Waals surface area contributed by atoms with E-state index in [4.69, 9.17) is 4.74 Å². The lowest BCUT2D eigenvalue weighted by Crippen LogP contribution is -2.13. The fourth-order valence-corrected chi connectivity index (χ4v) is 3.74. The smallest absolute Gasteiger partial charge is 0.275 e. The third kappa shape index (κ3) is 4.72. The van der Waals surface area contributed by atoms with Gasteiger partial charge in [0.1, 0.15) is 28.9 Å². The summed E-state index contributed by atoms with van der Waals surface area (Å²) >= 11 is 1.35. The van der Waals surface area contributed by atoms with Gasteiger partial charge in [0.05, 0.1) is 5.69 Å². The molecule has 6 heteroatoms. The van der Waals surface area contributed by atoms with Gasteiger partial charge in [0.25, 0.3) is 5.91 Å². The number of aromatic nitrogens is 1. The first-order valence-corrected chi connectivity index (χ1v) is 10.3. The fourth-order valence-electron chi connectivity index (χ4n) is 2.95. The summed E-state index contributed by atoms with van der Waals surface area (Å²) in [5.41, 5.74) is 3.51. The number of anilines is 1. The van der Waals surface area contributed by atoms with E-state index in [1.165, 1.54) is 29.0 Å². The van der Waals surface area contributed by atoms with Gasteiger partial charge in [-0.15, -0.1) is 11.3 Å². The predicted octanol–water partition coefficient (Wildman–Crippen LogP) is 6.09. The zero-order chi connectivity index (χ0) is 20.9. The Balaban J connectivity index is 1.46. The molecule has 150 valence electrons. The number of hydrogen-bond donors (Lipinski definition) is 1. The Morgan fingerprint density at radius 2 is 1.90 bits per heavy atom. The summed E-state index contributed by atoms with van der Waals surface area (Å²) in [6.45, 7) is 2.52. The van der Waals surface area contributed by atoms with Crippen molar-refractivity contribution in [1.82, 2.24) is 4.98 Å². The molecule has 1 heterocycles. The van der Waals surface area contributed by atoms with E-state index < -0.39 is 11.7 Å². The second kappa shape index (κ2) is 8.88. The lowest BCUT2D eigenvalue weighted by atomic mass is 10.1. The average molecular weight is 418 g/mol. The zero-order valence-corrected chi connectivity index (χ0v) is 17.1. The SMILES string of the molecule is Cc1cccc(COc2cccc(-c3nc(C(=O)Nc4ccccc4F)cs3)c2)c1. The van der Waals surface area contributed by atoms with Crippen LogP contribution in [-0.2, 0) is 6.61 Å². The number of benzene rings is 3. The van der Waals surface area contributed by atoms with Crippen LogP contribution in [0.3, 0.4) is 0 Å². The molecule has 1 N–H and O–H groups in total. The van der Waals surface area contributed by atoms with Crippen LogP contribution >= 0.6 is 11.3 Å². The number of aryl methyl sites for hydroxylation is 1. The van der Waals surface area contributed by atoms with E-state index in [2.05, 4.69) is 16.4 Å². The van der Waals surface area contributed by atoms with Gasteiger partial charge < -0.3 is 10.1 Å². The molecule has 0 fully saturated rings. The van der Waals surface area contributed by atoms with Gasteiger partial charge in [-0.25, -0.2) is 9.37 Å². The van der Waals surface area contributed by atoms with Crippen LogP contribution in [0.4, 0.5) is 10.1 Å². The molecule has 1 amide bonds. The Kier molecular flexibility index (Phi) is 5.86. The van der Waals surface area contributed by atoms with Crippen molar-refractivity contribution >= 4 is 22.9 Å². The van der Waals surface area contributed by atoms with Gasteiger partial charge >= 0.3 is 0 Å². The van der Waals surface area contributed by atoms with Crippen molar-refractivity contribution in [1.29, 1.82) is 0 Å². The molecule has 30 heavy (non-hydrogen) atoms. The van der Waals surface area contributed by atoms with Gasteiger partial charge in [-0.3, -0.25) is 4.79 Å². The largest absolute Gasteiger partial charge is 0.489 e. The van der Waals surface area contributed by atoms with E-state index in [0.717, 1.165) is 16.9 Å². The maximum atomic E-state index is 13.8. The lowest BCUT2D eigenvalue weighted by molar-refractivity contribution is 0.102. The molecule has 0 aliphatic carbocycles. The normalized spacial score (nSPS) is 10.6. The minimum Gasteiger partial charge on any atom is -0.489 e. The van der Waals surface area contributed by atoms with Crippen molar-refractivity contribution in [3.05, 3.63) is 101 Å². The first kappa shape index (κ1) is 19.8. The third-order valence-electron chi connectivity index (χ3n) is 4.43. The van der Waals surface area contributed by atoms with Crippen molar-refractivity contribution in [3.8, 4) is 16.3 Å². The number of ether oxygens (including phenoxy) is 1. The average Bonchev–Trinajstić information content (AvgIpc) is 3.25. The lowest BCUT2D eigenvalue weighted by Gasteiger charge is -2.08. The molecule has 0 atom stereocenters. The molecule has 0 aliphatic rings. The predicted molar refractivity (Wildman–Crippen MR) is 117 cm³/mol. The number of thiazole rings is 1. The second-order valence-electron chi connectivity index (χ2n) is 6.78. The Hall–Kier alpha value is -3.51. The highest BCUT2D eigenvalue weighted by molar-refractivity contribution is 7.13. The summed E-state index contributed by atoms with van der Waals surface area (Å²) in [5.74, 6) is -0.212. The molecule has 0 bridgehead atoms. The summed E-state index contributed by atoms with van der Waals surface area (Å²) in [5, 5.41) is 4.90. The molecule has 3 aromatic carbocycles. The van der Waals surface area contributed by atoms with E-state index in [-0.39, 0.29) is 11.4 Å². The van der Waals surface area contributed by atoms with Gasteiger partial charge in [0.15, 0.2) is 0 Å². The van der Waals surface area contributed by atoms with Gasteiger partial charge in [0.2, 0.25) is 0 Å². The quantitative estimate of drug-likeness (QED) is 0.412. The minimum atomic E-state index is -0.486. The molecule has 0 saturated heterocycles. The molecule has 0 saturated carbocycles. The number of halogens is 1. The molecule has 4 aromatic rings. The van der Waals surface area contributed by atoms with Crippen LogP contribution in [-0.4, -0.2) is 10.9 Å². The molecule has 1 aromatic heterocycles. The van der Waals surface area contributed by atoms with Crippen molar-refractivity contribution in [2.75, 3.05) is 5.32 Å². The number of rotatable bonds is 6. The number of hydrogen-bond acceptors (Lipinski definition) is 4. The van der Waals surface area contributed by atoms with Crippen LogP contribution in [0.25, 0.3) is 10.6 Å². The Labute approximate surface area is 178 Å². The van der Waals surface area contributed by atoms with E-state index in [1.54, 1.807) is 17.5 Å². The van der Waals surface area contributed by atoms with Crippen LogP contribution < -0.4 is 10.1 Å².